The standard InChI is InChI=1S/C36H45N3O5/c1-7-19-37(22-26-13-11-10-12-14-26)32(41)29-30-33(42)39(27(9-3)23-40)31(36(30)18-17-35(29,6)44-36)34(43)38(20-8-2)28-21-24(4)15-16-25(28)5/h7-8,10-16,21,27,29-31,40H,1-2,9,17-20,22-23H2,3-6H3/t27-,29-,30-,31?,35+,36?/m0/s1. The molecule has 2 unspecified atom stereocenters. The third-order valence-electron chi connectivity index (χ3n) is 9.90. The van der Waals surface area contributed by atoms with Gasteiger partial charge < -0.3 is 24.5 Å². The maximum atomic E-state index is 14.9. The Hall–Kier alpha value is -3.75. The first-order valence-corrected chi connectivity index (χ1v) is 15.6. The van der Waals surface area contributed by atoms with Crippen molar-refractivity contribution in [3.05, 3.63) is 90.5 Å². The van der Waals surface area contributed by atoms with Gasteiger partial charge in [-0.05, 0) is 62.8 Å². The van der Waals surface area contributed by atoms with Gasteiger partial charge in [-0.15, -0.1) is 13.2 Å². The number of carbonyl (C=O) groups excluding carboxylic acids is 3. The predicted octanol–water partition coefficient (Wildman–Crippen LogP) is 4.57. The SMILES string of the molecule is C=CCN(Cc1ccccc1)C(=O)[C@@H]1[C@H]2C(=O)N([C@@H](CC)CO)C(C(=O)N(CC=C)c3cc(C)ccc3C)C23CC[C@@]1(C)O3. The monoisotopic (exact) mass is 599 g/mol. The van der Waals surface area contributed by atoms with Crippen LogP contribution < -0.4 is 4.90 Å². The van der Waals surface area contributed by atoms with Crippen LogP contribution in [0.5, 0.6) is 0 Å². The minimum Gasteiger partial charge on any atom is -0.394 e. The molecule has 2 bridgehead atoms. The van der Waals surface area contributed by atoms with Crippen LogP contribution in [0.1, 0.15) is 49.8 Å². The van der Waals surface area contributed by atoms with Gasteiger partial charge in [0.05, 0.1) is 30.1 Å². The molecule has 0 aromatic heterocycles. The average Bonchev–Trinajstić information content (AvgIpc) is 3.58. The molecule has 3 heterocycles. The van der Waals surface area contributed by atoms with Crippen molar-refractivity contribution in [3.63, 3.8) is 0 Å². The van der Waals surface area contributed by atoms with Crippen LogP contribution in [0.25, 0.3) is 0 Å². The van der Waals surface area contributed by atoms with Gasteiger partial charge in [-0.3, -0.25) is 14.4 Å². The van der Waals surface area contributed by atoms with E-state index in [-0.39, 0.29) is 30.9 Å². The number of nitrogens with zero attached hydrogens (tertiary/aromatic N) is 3. The minimum absolute atomic E-state index is 0.182. The first-order valence-electron chi connectivity index (χ1n) is 15.6. The van der Waals surface area contributed by atoms with Crippen molar-refractivity contribution < 1.29 is 24.2 Å². The number of anilines is 1. The van der Waals surface area contributed by atoms with E-state index in [1.165, 1.54) is 0 Å². The van der Waals surface area contributed by atoms with E-state index in [2.05, 4.69) is 13.2 Å². The molecule has 1 N–H and O–H groups in total. The van der Waals surface area contributed by atoms with Crippen LogP contribution in [0.2, 0.25) is 0 Å². The zero-order valence-corrected chi connectivity index (χ0v) is 26.4. The molecule has 8 heteroatoms. The topological polar surface area (TPSA) is 90.4 Å². The predicted molar refractivity (Wildman–Crippen MR) is 171 cm³/mol. The van der Waals surface area contributed by atoms with E-state index in [4.69, 9.17) is 4.74 Å². The Bertz CT molecular complexity index is 1440. The molecule has 234 valence electrons. The number of aliphatic hydroxyl groups excluding tert-OH is 1. The lowest BCUT2D eigenvalue weighted by atomic mass is 9.66. The molecular formula is C36H45N3O5. The first-order chi connectivity index (χ1) is 21.1. The molecule has 44 heavy (non-hydrogen) atoms. The van der Waals surface area contributed by atoms with Crippen molar-refractivity contribution in [1.29, 1.82) is 0 Å². The lowest BCUT2D eigenvalue weighted by Gasteiger charge is -2.39. The highest BCUT2D eigenvalue weighted by atomic mass is 16.5. The van der Waals surface area contributed by atoms with Gasteiger partial charge in [-0.2, -0.15) is 0 Å². The Morgan fingerprint density at radius 1 is 1.09 bits per heavy atom. The second kappa shape index (κ2) is 12.3. The summed E-state index contributed by atoms with van der Waals surface area (Å²) in [7, 11) is 0. The molecule has 0 saturated carbocycles. The number of ether oxygens (including phenoxy) is 1. The smallest absolute Gasteiger partial charge is 0.253 e. The normalized spacial score (nSPS) is 27.6. The third kappa shape index (κ3) is 5.08. The third-order valence-corrected chi connectivity index (χ3v) is 9.90. The highest BCUT2D eigenvalue weighted by Crippen LogP contribution is 2.64. The highest BCUT2D eigenvalue weighted by Gasteiger charge is 2.78. The Labute approximate surface area is 261 Å². The van der Waals surface area contributed by atoms with Gasteiger partial charge in [-0.25, -0.2) is 0 Å². The molecule has 1 spiro atoms. The zero-order valence-electron chi connectivity index (χ0n) is 26.4. The molecule has 5 rings (SSSR count). The lowest BCUT2D eigenvalue weighted by Crippen LogP contribution is -2.59. The van der Waals surface area contributed by atoms with Gasteiger partial charge in [0.2, 0.25) is 11.8 Å². The van der Waals surface area contributed by atoms with Gasteiger partial charge >= 0.3 is 0 Å². The van der Waals surface area contributed by atoms with Gasteiger partial charge in [0.15, 0.2) is 0 Å². The van der Waals surface area contributed by atoms with E-state index in [0.29, 0.717) is 32.4 Å². The van der Waals surface area contributed by atoms with Crippen molar-refractivity contribution in [2.75, 3.05) is 24.6 Å². The number of likely N-dealkylation sites (tertiary alicyclic amines) is 1. The molecule has 2 aromatic rings. The summed E-state index contributed by atoms with van der Waals surface area (Å²) in [5, 5.41) is 10.5. The Morgan fingerprint density at radius 2 is 1.80 bits per heavy atom. The quantitative estimate of drug-likeness (QED) is 0.361. The second-order valence-electron chi connectivity index (χ2n) is 12.7. The molecule has 3 fully saturated rings. The van der Waals surface area contributed by atoms with Crippen LogP contribution in [-0.4, -0.2) is 75.6 Å². The fourth-order valence-corrected chi connectivity index (χ4v) is 7.81. The average molecular weight is 600 g/mol. The number of aliphatic hydroxyl groups is 1. The summed E-state index contributed by atoms with van der Waals surface area (Å²) in [6.45, 7) is 16.1. The van der Waals surface area contributed by atoms with E-state index in [9.17, 15) is 19.5 Å². The van der Waals surface area contributed by atoms with Gasteiger partial charge in [0.25, 0.3) is 5.91 Å². The lowest BCUT2D eigenvalue weighted by molar-refractivity contribution is -0.152. The van der Waals surface area contributed by atoms with Crippen LogP contribution >= 0.6 is 0 Å². The van der Waals surface area contributed by atoms with Crippen molar-refractivity contribution in [3.8, 4) is 0 Å². The van der Waals surface area contributed by atoms with Gasteiger partial charge in [0, 0.05) is 25.3 Å². The number of fused-ring (bicyclic) bond motifs is 1. The Morgan fingerprint density at radius 3 is 2.43 bits per heavy atom. The van der Waals surface area contributed by atoms with Crippen molar-refractivity contribution >= 4 is 23.4 Å². The van der Waals surface area contributed by atoms with Crippen molar-refractivity contribution in [2.45, 2.75) is 76.8 Å². The molecule has 0 aliphatic carbocycles. The number of rotatable bonds is 12. The van der Waals surface area contributed by atoms with Crippen LogP contribution in [0.4, 0.5) is 5.69 Å². The summed E-state index contributed by atoms with van der Waals surface area (Å²) in [6, 6.07) is 14.1. The second-order valence-corrected chi connectivity index (χ2v) is 12.7. The molecular weight excluding hydrogens is 554 g/mol. The Balaban J connectivity index is 1.60. The largest absolute Gasteiger partial charge is 0.394 e. The van der Waals surface area contributed by atoms with Crippen molar-refractivity contribution in [2.24, 2.45) is 11.8 Å². The van der Waals surface area contributed by atoms with Gasteiger partial charge in [0.1, 0.15) is 11.6 Å². The van der Waals surface area contributed by atoms with E-state index in [1.54, 1.807) is 26.9 Å². The van der Waals surface area contributed by atoms with Crippen LogP contribution in [0, 0.1) is 25.7 Å². The molecule has 6 atom stereocenters. The highest BCUT2D eigenvalue weighted by molar-refractivity contribution is 6.05. The number of hydrogen-bond acceptors (Lipinski definition) is 5. The molecule has 8 nitrogen and oxygen atoms in total. The molecule has 3 aliphatic rings. The van der Waals surface area contributed by atoms with Gasteiger partial charge in [-0.1, -0.05) is 61.5 Å². The number of aryl methyl sites for hydroxylation is 2. The van der Waals surface area contributed by atoms with Crippen LogP contribution in [0.3, 0.4) is 0 Å². The number of carbonyl (C=O) groups is 3. The first kappa shape index (κ1) is 31.7. The fraction of sp³-hybridized carbons (Fsp3) is 0.472. The van der Waals surface area contributed by atoms with Crippen LogP contribution in [-0.2, 0) is 25.7 Å². The maximum Gasteiger partial charge on any atom is 0.253 e. The molecule has 0 radical (unpaired) electrons. The molecule has 3 saturated heterocycles. The number of hydrogen-bond donors (Lipinski definition) is 1. The Kier molecular flexibility index (Phi) is 8.87. The molecule has 3 amide bonds. The fourth-order valence-electron chi connectivity index (χ4n) is 7.81. The summed E-state index contributed by atoms with van der Waals surface area (Å²) < 4.78 is 6.88. The summed E-state index contributed by atoms with van der Waals surface area (Å²) in [4.78, 5) is 49.0. The summed E-state index contributed by atoms with van der Waals surface area (Å²) in [5.41, 5.74) is 1.52. The minimum atomic E-state index is -1.20. The van der Waals surface area contributed by atoms with E-state index < -0.39 is 35.1 Å². The maximum absolute atomic E-state index is 14.9. The van der Waals surface area contributed by atoms with Crippen LogP contribution in [0.15, 0.2) is 73.8 Å². The van der Waals surface area contributed by atoms with E-state index in [1.807, 2.05) is 76.2 Å². The van der Waals surface area contributed by atoms with E-state index >= 15 is 0 Å². The van der Waals surface area contributed by atoms with Crippen molar-refractivity contribution in [1.82, 2.24) is 9.80 Å². The molecule has 2 aromatic carbocycles. The van der Waals surface area contributed by atoms with E-state index in [0.717, 1.165) is 22.4 Å². The number of benzene rings is 2. The molecule has 3 aliphatic heterocycles. The summed E-state index contributed by atoms with van der Waals surface area (Å²) in [5.74, 6) is -2.40. The summed E-state index contributed by atoms with van der Waals surface area (Å²) >= 11 is 0. The summed E-state index contributed by atoms with van der Waals surface area (Å²) in [6.07, 6.45) is 4.83. The number of amides is 3. The zero-order chi connectivity index (χ0) is 31.8.